The number of ether oxygens (including phenoxy) is 1. The number of fused-ring (bicyclic) bond motifs is 1. The maximum Gasteiger partial charge on any atom is 0.253 e. The minimum absolute atomic E-state index is 0.0349. The standard InChI is InChI=1S/C24H28N4O4/c1-15(2)11-17(12-16-3-8-21-20(13-16)23(25)27-32-21)24(30)26-18-4-6-19(7-5-18)28-9-10-31-14-22(28)29/h3-8,13,15,17H,9-12,14H2,1-2H3,(H2,25,27)(H,26,30). The van der Waals surface area contributed by atoms with Gasteiger partial charge in [-0.25, -0.2) is 0 Å². The Labute approximate surface area is 186 Å². The van der Waals surface area contributed by atoms with Crippen molar-refractivity contribution in [1.82, 2.24) is 5.16 Å². The summed E-state index contributed by atoms with van der Waals surface area (Å²) in [6, 6.07) is 13.1. The number of hydrogen-bond donors (Lipinski definition) is 2. The number of amides is 2. The molecule has 0 bridgehead atoms. The number of morpholine rings is 1. The Balaban J connectivity index is 1.46. The number of anilines is 3. The summed E-state index contributed by atoms with van der Waals surface area (Å²) in [6.45, 7) is 5.36. The van der Waals surface area contributed by atoms with Gasteiger partial charge in [-0.2, -0.15) is 0 Å². The van der Waals surface area contributed by atoms with Gasteiger partial charge in [0.2, 0.25) is 5.91 Å². The third-order valence-electron chi connectivity index (χ3n) is 5.60. The van der Waals surface area contributed by atoms with Crippen LogP contribution in [0.3, 0.4) is 0 Å². The highest BCUT2D eigenvalue weighted by molar-refractivity contribution is 5.96. The van der Waals surface area contributed by atoms with Crippen LogP contribution in [0.5, 0.6) is 0 Å². The highest BCUT2D eigenvalue weighted by atomic mass is 16.5. The molecule has 4 rings (SSSR count). The van der Waals surface area contributed by atoms with Gasteiger partial charge in [0.05, 0.1) is 12.0 Å². The molecule has 1 aliphatic rings. The number of nitrogens with two attached hydrogens (primary N) is 1. The van der Waals surface area contributed by atoms with Crippen LogP contribution in [-0.2, 0) is 20.7 Å². The fraction of sp³-hybridized carbons (Fsp3) is 0.375. The minimum Gasteiger partial charge on any atom is -0.380 e. The molecule has 3 aromatic rings. The SMILES string of the molecule is CC(C)CC(Cc1ccc2onc(N)c2c1)C(=O)Nc1ccc(N2CCOCC2=O)cc1. The van der Waals surface area contributed by atoms with Crippen molar-refractivity contribution in [1.29, 1.82) is 0 Å². The number of benzene rings is 2. The topological polar surface area (TPSA) is 111 Å². The van der Waals surface area contributed by atoms with Crippen molar-refractivity contribution >= 4 is 40.0 Å². The zero-order valence-corrected chi connectivity index (χ0v) is 18.3. The lowest BCUT2D eigenvalue weighted by Crippen LogP contribution is -2.41. The van der Waals surface area contributed by atoms with Gasteiger partial charge in [0.25, 0.3) is 5.91 Å². The lowest BCUT2D eigenvalue weighted by atomic mass is 9.90. The van der Waals surface area contributed by atoms with Crippen LogP contribution < -0.4 is 16.0 Å². The molecule has 1 saturated heterocycles. The van der Waals surface area contributed by atoms with E-state index in [1.54, 1.807) is 4.90 Å². The summed E-state index contributed by atoms with van der Waals surface area (Å²) < 4.78 is 10.4. The van der Waals surface area contributed by atoms with Crippen LogP contribution in [0.25, 0.3) is 11.0 Å². The van der Waals surface area contributed by atoms with Crippen LogP contribution >= 0.6 is 0 Å². The molecule has 0 aliphatic carbocycles. The second kappa shape index (κ2) is 9.40. The van der Waals surface area contributed by atoms with Crippen LogP contribution in [0.4, 0.5) is 17.2 Å². The lowest BCUT2D eigenvalue weighted by molar-refractivity contribution is -0.125. The fourth-order valence-electron chi connectivity index (χ4n) is 4.03. The number of hydrogen-bond acceptors (Lipinski definition) is 6. The molecule has 1 atom stereocenters. The third-order valence-corrected chi connectivity index (χ3v) is 5.60. The van der Waals surface area contributed by atoms with Gasteiger partial charge in [-0.15, -0.1) is 0 Å². The van der Waals surface area contributed by atoms with Crippen molar-refractivity contribution < 1.29 is 18.8 Å². The van der Waals surface area contributed by atoms with Gasteiger partial charge in [0.15, 0.2) is 11.4 Å². The van der Waals surface area contributed by atoms with Crippen molar-refractivity contribution in [2.75, 3.05) is 35.7 Å². The van der Waals surface area contributed by atoms with E-state index in [1.807, 2.05) is 42.5 Å². The normalized spacial score (nSPS) is 15.3. The number of aromatic nitrogens is 1. The monoisotopic (exact) mass is 436 g/mol. The number of nitrogen functional groups attached to an aromatic ring is 1. The molecule has 168 valence electrons. The molecule has 0 spiro atoms. The second-order valence-electron chi connectivity index (χ2n) is 8.56. The van der Waals surface area contributed by atoms with Gasteiger partial charge in [0, 0.05) is 23.8 Å². The first-order chi connectivity index (χ1) is 15.4. The summed E-state index contributed by atoms with van der Waals surface area (Å²) in [5, 5.41) is 7.59. The van der Waals surface area contributed by atoms with Crippen LogP contribution in [0.15, 0.2) is 47.0 Å². The minimum atomic E-state index is -0.200. The summed E-state index contributed by atoms with van der Waals surface area (Å²) in [4.78, 5) is 26.8. The molecule has 0 saturated carbocycles. The number of carbonyl (C=O) groups is 2. The Bertz CT molecular complexity index is 1110. The van der Waals surface area contributed by atoms with Crippen molar-refractivity contribution in [3.63, 3.8) is 0 Å². The van der Waals surface area contributed by atoms with Crippen molar-refractivity contribution in [3.05, 3.63) is 48.0 Å². The molecule has 0 radical (unpaired) electrons. The molecular weight excluding hydrogens is 408 g/mol. The van der Waals surface area contributed by atoms with E-state index >= 15 is 0 Å². The van der Waals surface area contributed by atoms with Gasteiger partial charge < -0.3 is 25.2 Å². The van der Waals surface area contributed by atoms with E-state index in [0.29, 0.717) is 42.6 Å². The van der Waals surface area contributed by atoms with Crippen molar-refractivity contribution in [2.24, 2.45) is 11.8 Å². The molecule has 2 amide bonds. The summed E-state index contributed by atoms with van der Waals surface area (Å²) in [5.74, 6) is 0.423. The molecule has 2 heterocycles. The van der Waals surface area contributed by atoms with E-state index in [-0.39, 0.29) is 24.3 Å². The summed E-state index contributed by atoms with van der Waals surface area (Å²) in [7, 11) is 0. The van der Waals surface area contributed by atoms with Crippen LogP contribution in [0.2, 0.25) is 0 Å². The van der Waals surface area contributed by atoms with E-state index in [0.717, 1.165) is 23.1 Å². The van der Waals surface area contributed by atoms with Crippen molar-refractivity contribution in [2.45, 2.75) is 26.7 Å². The maximum atomic E-state index is 13.1. The highest BCUT2D eigenvalue weighted by Crippen LogP contribution is 2.26. The molecule has 1 fully saturated rings. The average molecular weight is 437 g/mol. The van der Waals surface area contributed by atoms with Crippen LogP contribution in [0.1, 0.15) is 25.8 Å². The predicted octanol–water partition coefficient (Wildman–Crippen LogP) is 3.62. The Kier molecular flexibility index (Phi) is 6.41. The van der Waals surface area contributed by atoms with E-state index in [1.165, 1.54) is 0 Å². The number of carbonyl (C=O) groups excluding carboxylic acids is 2. The molecule has 1 aromatic heterocycles. The predicted molar refractivity (Wildman–Crippen MR) is 123 cm³/mol. The molecule has 1 unspecified atom stereocenters. The zero-order valence-electron chi connectivity index (χ0n) is 18.3. The Morgan fingerprint density at radius 3 is 2.72 bits per heavy atom. The van der Waals surface area contributed by atoms with Gasteiger partial charge in [0.1, 0.15) is 6.61 Å². The maximum absolute atomic E-state index is 13.1. The number of rotatable bonds is 7. The van der Waals surface area contributed by atoms with E-state index in [4.69, 9.17) is 15.0 Å². The van der Waals surface area contributed by atoms with Crippen LogP contribution in [0, 0.1) is 11.8 Å². The fourth-order valence-corrected chi connectivity index (χ4v) is 4.03. The number of nitrogens with one attached hydrogen (secondary N) is 1. The van der Waals surface area contributed by atoms with Gasteiger partial charge in [-0.3, -0.25) is 9.59 Å². The molecule has 2 aromatic carbocycles. The van der Waals surface area contributed by atoms with Crippen LogP contribution in [-0.4, -0.2) is 36.7 Å². The van der Waals surface area contributed by atoms with Gasteiger partial charge in [-0.05, 0) is 60.7 Å². The van der Waals surface area contributed by atoms with E-state index in [9.17, 15) is 9.59 Å². The lowest BCUT2D eigenvalue weighted by Gasteiger charge is -2.27. The average Bonchev–Trinajstić information content (AvgIpc) is 3.14. The molecule has 32 heavy (non-hydrogen) atoms. The summed E-state index contributed by atoms with van der Waals surface area (Å²) >= 11 is 0. The molecule has 8 heteroatoms. The molecule has 1 aliphatic heterocycles. The van der Waals surface area contributed by atoms with Gasteiger partial charge >= 0.3 is 0 Å². The smallest absolute Gasteiger partial charge is 0.253 e. The Hall–Kier alpha value is -3.39. The zero-order chi connectivity index (χ0) is 22.7. The van der Waals surface area contributed by atoms with Gasteiger partial charge in [-0.1, -0.05) is 25.1 Å². The second-order valence-corrected chi connectivity index (χ2v) is 8.56. The summed E-state index contributed by atoms with van der Waals surface area (Å²) in [6.07, 6.45) is 1.34. The largest absolute Gasteiger partial charge is 0.380 e. The first-order valence-corrected chi connectivity index (χ1v) is 10.8. The first-order valence-electron chi connectivity index (χ1n) is 10.8. The molecular formula is C24H28N4O4. The third kappa shape index (κ3) is 4.91. The quantitative estimate of drug-likeness (QED) is 0.585. The van der Waals surface area contributed by atoms with E-state index < -0.39 is 0 Å². The Morgan fingerprint density at radius 2 is 2.00 bits per heavy atom. The first kappa shape index (κ1) is 21.8. The number of nitrogens with zero attached hydrogens (tertiary/aromatic N) is 2. The highest BCUT2D eigenvalue weighted by Gasteiger charge is 2.22. The summed E-state index contributed by atoms with van der Waals surface area (Å²) in [5.41, 5.74) is 9.02. The van der Waals surface area contributed by atoms with E-state index in [2.05, 4.69) is 24.3 Å². The molecule has 3 N–H and O–H groups in total. The Morgan fingerprint density at radius 1 is 1.22 bits per heavy atom. The van der Waals surface area contributed by atoms with Crippen molar-refractivity contribution in [3.8, 4) is 0 Å². The molecule has 8 nitrogen and oxygen atoms in total.